The first kappa shape index (κ1) is 14.9. The Bertz CT molecular complexity index is 274. The first-order valence-corrected chi connectivity index (χ1v) is 5.58. The van der Waals surface area contributed by atoms with E-state index in [-0.39, 0.29) is 6.10 Å². The minimum absolute atomic E-state index is 0.226. The molecule has 0 spiro atoms. The first-order chi connectivity index (χ1) is 7.71. The van der Waals surface area contributed by atoms with Gasteiger partial charge in [-0.2, -0.15) is 0 Å². The molecule has 2 heteroatoms. The summed E-state index contributed by atoms with van der Waals surface area (Å²) in [5, 5.41) is 0. The van der Waals surface area contributed by atoms with E-state index in [9.17, 15) is 0 Å². The van der Waals surface area contributed by atoms with Crippen LogP contribution in [0.5, 0.6) is 0 Å². The molecule has 0 bridgehead atoms. The Balaban J connectivity index is 4.76. The minimum atomic E-state index is -0.226. The van der Waals surface area contributed by atoms with E-state index in [4.69, 9.17) is 9.78 Å². The summed E-state index contributed by atoms with van der Waals surface area (Å²) in [5.74, 6) is 0. The number of rotatable bonds is 8. The third-order valence-corrected chi connectivity index (χ3v) is 2.20. The monoisotopic (exact) mass is 222 g/mol. The summed E-state index contributed by atoms with van der Waals surface area (Å²) >= 11 is 0. The van der Waals surface area contributed by atoms with Crippen LogP contribution in [0.25, 0.3) is 0 Å². The normalized spacial score (nSPS) is 14.1. The molecule has 0 aromatic carbocycles. The van der Waals surface area contributed by atoms with Crippen molar-refractivity contribution in [2.24, 2.45) is 0 Å². The van der Waals surface area contributed by atoms with E-state index in [0.717, 1.165) is 24.0 Å². The minimum Gasteiger partial charge on any atom is -0.239 e. The quantitative estimate of drug-likeness (QED) is 0.268. The van der Waals surface area contributed by atoms with Crippen molar-refractivity contribution in [3.63, 3.8) is 0 Å². The zero-order valence-corrected chi connectivity index (χ0v) is 10.5. The lowest BCUT2D eigenvalue weighted by atomic mass is 9.99. The van der Waals surface area contributed by atoms with Crippen molar-refractivity contribution >= 4 is 0 Å². The van der Waals surface area contributed by atoms with Crippen LogP contribution in [-0.2, 0) is 9.78 Å². The lowest BCUT2D eigenvalue weighted by molar-refractivity contribution is -0.284. The van der Waals surface area contributed by atoms with Crippen LogP contribution in [-0.4, -0.2) is 13.2 Å². The molecule has 16 heavy (non-hydrogen) atoms. The van der Waals surface area contributed by atoms with E-state index >= 15 is 0 Å². The van der Waals surface area contributed by atoms with Gasteiger partial charge in [-0.15, -0.1) is 0 Å². The molecule has 1 atom stereocenters. The van der Waals surface area contributed by atoms with Crippen molar-refractivity contribution in [2.75, 3.05) is 7.11 Å². The smallest absolute Gasteiger partial charge is 0.136 e. The molecule has 0 heterocycles. The molecule has 2 nitrogen and oxygen atoms in total. The highest BCUT2D eigenvalue weighted by atomic mass is 17.2. The largest absolute Gasteiger partial charge is 0.239 e. The molecule has 0 saturated heterocycles. The van der Waals surface area contributed by atoms with Gasteiger partial charge in [0.1, 0.15) is 6.10 Å². The van der Waals surface area contributed by atoms with Crippen molar-refractivity contribution < 1.29 is 9.78 Å². The topological polar surface area (TPSA) is 18.5 Å². The van der Waals surface area contributed by atoms with Crippen molar-refractivity contribution in [1.82, 2.24) is 0 Å². The summed E-state index contributed by atoms with van der Waals surface area (Å²) < 4.78 is 0. The second kappa shape index (κ2) is 9.13. The van der Waals surface area contributed by atoms with Gasteiger partial charge in [-0.25, -0.2) is 9.78 Å². The summed E-state index contributed by atoms with van der Waals surface area (Å²) in [6, 6.07) is 0. The Morgan fingerprint density at radius 3 is 2.50 bits per heavy atom. The van der Waals surface area contributed by atoms with E-state index in [1.807, 2.05) is 18.2 Å². The molecule has 0 fully saturated rings. The first-order valence-electron chi connectivity index (χ1n) is 5.58. The van der Waals surface area contributed by atoms with Gasteiger partial charge >= 0.3 is 0 Å². The van der Waals surface area contributed by atoms with E-state index in [2.05, 4.69) is 27.0 Å². The molecular formula is C14H22O2. The Hall–Kier alpha value is -1.12. The van der Waals surface area contributed by atoms with Crippen LogP contribution in [0.2, 0.25) is 0 Å². The number of hydrogen-bond acceptors (Lipinski definition) is 2. The van der Waals surface area contributed by atoms with Crippen molar-refractivity contribution in [1.29, 1.82) is 0 Å². The zero-order chi connectivity index (χ0) is 12.4. The van der Waals surface area contributed by atoms with Crippen LogP contribution >= 0.6 is 0 Å². The van der Waals surface area contributed by atoms with Gasteiger partial charge in [0, 0.05) is 0 Å². The van der Waals surface area contributed by atoms with E-state index in [1.165, 1.54) is 7.11 Å². The molecule has 0 aromatic heterocycles. The van der Waals surface area contributed by atoms with Gasteiger partial charge in [0.2, 0.25) is 0 Å². The van der Waals surface area contributed by atoms with Crippen LogP contribution in [0.3, 0.4) is 0 Å². The molecular weight excluding hydrogens is 200 g/mol. The molecule has 0 N–H and O–H groups in total. The third-order valence-electron chi connectivity index (χ3n) is 2.20. The second-order valence-electron chi connectivity index (χ2n) is 3.33. The molecule has 0 aliphatic heterocycles. The zero-order valence-electron chi connectivity index (χ0n) is 10.5. The Morgan fingerprint density at radius 1 is 1.38 bits per heavy atom. The Kier molecular flexibility index (Phi) is 8.49. The summed E-state index contributed by atoms with van der Waals surface area (Å²) in [6.07, 6.45) is 9.34. The summed E-state index contributed by atoms with van der Waals surface area (Å²) in [7, 11) is 1.50. The lowest BCUT2D eigenvalue weighted by Crippen LogP contribution is -2.13. The van der Waals surface area contributed by atoms with Crippen LogP contribution in [0, 0.1) is 0 Å². The predicted octanol–water partition coefficient (Wildman–Crippen LogP) is 3.98. The summed E-state index contributed by atoms with van der Waals surface area (Å²) in [5.41, 5.74) is 2.03. The van der Waals surface area contributed by atoms with Crippen LogP contribution < -0.4 is 0 Å². The average Bonchev–Trinajstić information content (AvgIpc) is 2.30. The fourth-order valence-corrected chi connectivity index (χ4v) is 1.35. The Labute approximate surface area is 98.9 Å². The summed E-state index contributed by atoms with van der Waals surface area (Å²) in [6.45, 7) is 11.9. The van der Waals surface area contributed by atoms with E-state index in [1.54, 1.807) is 6.08 Å². The van der Waals surface area contributed by atoms with E-state index < -0.39 is 0 Å². The van der Waals surface area contributed by atoms with Crippen LogP contribution in [0.1, 0.15) is 26.7 Å². The van der Waals surface area contributed by atoms with Gasteiger partial charge in [-0.3, -0.25) is 0 Å². The third kappa shape index (κ3) is 5.10. The standard InChI is InChI=1S/C14H22O2/c1-6-9-11-14(16-15-5)12(4)13(8-3)10-7-2/h7,9-11,14H,2,4,6,8H2,1,3,5H3/b11-9+,13-10-. The predicted molar refractivity (Wildman–Crippen MR) is 69.0 cm³/mol. The second-order valence-corrected chi connectivity index (χ2v) is 3.33. The highest BCUT2D eigenvalue weighted by Crippen LogP contribution is 2.19. The molecule has 0 rings (SSSR count). The van der Waals surface area contributed by atoms with Gasteiger partial charge < -0.3 is 0 Å². The van der Waals surface area contributed by atoms with Crippen molar-refractivity contribution in [2.45, 2.75) is 32.8 Å². The van der Waals surface area contributed by atoms with Gasteiger partial charge in [-0.1, -0.05) is 51.3 Å². The molecule has 0 amide bonds. The maximum absolute atomic E-state index is 5.17. The van der Waals surface area contributed by atoms with Crippen molar-refractivity contribution in [3.8, 4) is 0 Å². The molecule has 0 aliphatic rings. The average molecular weight is 222 g/mol. The summed E-state index contributed by atoms with van der Waals surface area (Å²) in [4.78, 5) is 9.90. The fourth-order valence-electron chi connectivity index (χ4n) is 1.35. The number of hydrogen-bond donors (Lipinski definition) is 0. The van der Waals surface area contributed by atoms with Gasteiger partial charge in [-0.05, 0) is 24.0 Å². The molecule has 0 aromatic rings. The molecule has 90 valence electrons. The maximum Gasteiger partial charge on any atom is 0.136 e. The SMILES string of the molecule is C=C/C=C(/CC)C(=C)C(/C=C/CC)OOC. The van der Waals surface area contributed by atoms with Crippen LogP contribution in [0.4, 0.5) is 0 Å². The molecule has 0 aliphatic carbocycles. The highest BCUT2D eigenvalue weighted by Gasteiger charge is 2.13. The molecule has 1 unspecified atom stereocenters. The lowest BCUT2D eigenvalue weighted by Gasteiger charge is -2.16. The molecule has 0 saturated carbocycles. The molecule has 0 radical (unpaired) electrons. The van der Waals surface area contributed by atoms with Gasteiger partial charge in [0.25, 0.3) is 0 Å². The fraction of sp³-hybridized carbons (Fsp3) is 0.429. The maximum atomic E-state index is 5.17. The van der Waals surface area contributed by atoms with Gasteiger partial charge in [0.05, 0.1) is 7.11 Å². The van der Waals surface area contributed by atoms with Crippen molar-refractivity contribution in [3.05, 3.63) is 48.6 Å². The van der Waals surface area contributed by atoms with Crippen LogP contribution in [0.15, 0.2) is 48.6 Å². The van der Waals surface area contributed by atoms with Gasteiger partial charge in [0.15, 0.2) is 0 Å². The highest BCUT2D eigenvalue weighted by molar-refractivity contribution is 5.36. The Morgan fingerprint density at radius 2 is 2.06 bits per heavy atom. The van der Waals surface area contributed by atoms with E-state index in [0.29, 0.717) is 0 Å². The number of allylic oxidation sites excluding steroid dienone is 3.